The number of carbonyl (C=O) groups is 1. The molecule has 0 bridgehead atoms. The lowest BCUT2D eigenvalue weighted by Gasteiger charge is -2.11. The first-order valence-electron chi connectivity index (χ1n) is 8.28. The molecule has 4 rings (SSSR count). The number of methoxy groups -OCH3 is 2. The van der Waals surface area contributed by atoms with Gasteiger partial charge in [-0.1, -0.05) is 17.8 Å². The minimum atomic E-state index is -0.240. The highest BCUT2D eigenvalue weighted by atomic mass is 32.2. The van der Waals surface area contributed by atoms with Gasteiger partial charge in [0.2, 0.25) is 5.89 Å². The zero-order valence-corrected chi connectivity index (χ0v) is 15.6. The van der Waals surface area contributed by atoms with Crippen LogP contribution >= 0.6 is 11.8 Å². The Morgan fingerprint density at radius 1 is 1.30 bits per heavy atom. The van der Waals surface area contributed by atoms with Gasteiger partial charge in [-0.25, -0.2) is 4.98 Å². The Hall–Kier alpha value is -3.00. The van der Waals surface area contributed by atoms with E-state index in [1.54, 1.807) is 37.7 Å². The molecule has 3 heterocycles. The van der Waals surface area contributed by atoms with Gasteiger partial charge in [0.15, 0.2) is 5.58 Å². The van der Waals surface area contributed by atoms with Crippen LogP contribution in [-0.4, -0.2) is 30.1 Å². The second-order valence-corrected chi connectivity index (χ2v) is 7.07. The van der Waals surface area contributed by atoms with Crippen LogP contribution < -0.4 is 14.8 Å². The van der Waals surface area contributed by atoms with Gasteiger partial charge >= 0.3 is 0 Å². The number of benzene rings is 1. The molecule has 0 saturated carbocycles. The van der Waals surface area contributed by atoms with Crippen molar-refractivity contribution >= 4 is 28.8 Å². The standard InChI is InChI=1S/C19H17N3O4S/c1-24-11-3-4-12(14(9-11)25-2)18(23)22-17-6-5-16(27-17)19-21-13-7-8-20-10-15(13)26-19/h3-4,6-10,16H,5H2,1-2H3,(H,22,23). The van der Waals surface area contributed by atoms with Crippen molar-refractivity contribution in [2.45, 2.75) is 11.7 Å². The van der Waals surface area contributed by atoms with Gasteiger partial charge in [-0.05, 0) is 24.6 Å². The van der Waals surface area contributed by atoms with Crippen molar-refractivity contribution in [2.24, 2.45) is 0 Å². The van der Waals surface area contributed by atoms with Crippen molar-refractivity contribution in [1.82, 2.24) is 15.3 Å². The number of ether oxygens (including phenoxy) is 2. The van der Waals surface area contributed by atoms with Gasteiger partial charge in [-0.3, -0.25) is 9.78 Å². The van der Waals surface area contributed by atoms with Gasteiger partial charge in [0, 0.05) is 12.3 Å². The van der Waals surface area contributed by atoms with Crippen LogP contribution in [0.1, 0.15) is 27.9 Å². The Morgan fingerprint density at radius 2 is 2.19 bits per heavy atom. The number of nitrogens with one attached hydrogen (secondary N) is 1. The number of aromatic nitrogens is 2. The van der Waals surface area contributed by atoms with Crippen molar-refractivity contribution < 1.29 is 18.7 Å². The SMILES string of the molecule is COc1ccc(C(=O)NC2=CCC(c3nc4ccncc4o3)S2)c(OC)c1. The summed E-state index contributed by atoms with van der Waals surface area (Å²) in [6, 6.07) is 6.90. The molecule has 1 aliphatic heterocycles. The fourth-order valence-electron chi connectivity index (χ4n) is 2.80. The van der Waals surface area contributed by atoms with Crippen molar-refractivity contribution in [3.63, 3.8) is 0 Å². The van der Waals surface area contributed by atoms with Crippen molar-refractivity contribution in [3.05, 3.63) is 59.2 Å². The normalized spacial score (nSPS) is 16.2. The third kappa shape index (κ3) is 3.48. The molecule has 0 saturated heterocycles. The number of rotatable bonds is 5. The highest BCUT2D eigenvalue weighted by molar-refractivity contribution is 8.03. The van der Waals surface area contributed by atoms with Crippen LogP contribution in [0.2, 0.25) is 0 Å². The van der Waals surface area contributed by atoms with E-state index >= 15 is 0 Å². The molecule has 8 heteroatoms. The molecule has 2 aromatic heterocycles. The molecule has 1 aliphatic rings. The smallest absolute Gasteiger partial charge is 0.259 e. The lowest BCUT2D eigenvalue weighted by Crippen LogP contribution is -2.21. The molecular formula is C19H17N3O4S. The average Bonchev–Trinajstić information content (AvgIpc) is 3.33. The van der Waals surface area contributed by atoms with E-state index in [1.807, 2.05) is 12.1 Å². The second-order valence-electron chi connectivity index (χ2n) is 5.83. The van der Waals surface area contributed by atoms with Crippen LogP contribution in [-0.2, 0) is 0 Å². The number of nitrogens with zero attached hydrogens (tertiary/aromatic N) is 2. The predicted octanol–water partition coefficient (Wildman–Crippen LogP) is 3.69. The largest absolute Gasteiger partial charge is 0.497 e. The van der Waals surface area contributed by atoms with Gasteiger partial charge in [-0.15, -0.1) is 0 Å². The summed E-state index contributed by atoms with van der Waals surface area (Å²) in [6.07, 6.45) is 6.02. The minimum Gasteiger partial charge on any atom is -0.497 e. The maximum atomic E-state index is 12.6. The molecule has 0 radical (unpaired) electrons. The monoisotopic (exact) mass is 383 g/mol. The van der Waals surface area contributed by atoms with Crippen LogP contribution in [0.15, 0.2) is 52.2 Å². The summed E-state index contributed by atoms with van der Waals surface area (Å²) in [6.45, 7) is 0. The molecule has 1 aromatic carbocycles. The Bertz CT molecular complexity index is 998. The van der Waals surface area contributed by atoms with E-state index in [4.69, 9.17) is 13.9 Å². The molecule has 1 amide bonds. The predicted molar refractivity (Wildman–Crippen MR) is 102 cm³/mol. The molecule has 0 fully saturated rings. The third-order valence-electron chi connectivity index (χ3n) is 4.16. The Morgan fingerprint density at radius 3 is 2.96 bits per heavy atom. The van der Waals surface area contributed by atoms with E-state index in [-0.39, 0.29) is 11.2 Å². The Labute approximate surface area is 159 Å². The fourth-order valence-corrected chi connectivity index (χ4v) is 3.84. The van der Waals surface area contributed by atoms with E-state index < -0.39 is 0 Å². The molecule has 0 spiro atoms. The number of allylic oxidation sites excluding steroid dienone is 1. The number of amides is 1. The highest BCUT2D eigenvalue weighted by Gasteiger charge is 2.26. The molecule has 1 unspecified atom stereocenters. The minimum absolute atomic E-state index is 0.0189. The van der Waals surface area contributed by atoms with Gasteiger partial charge in [0.25, 0.3) is 5.91 Å². The number of pyridine rings is 1. The number of thioether (sulfide) groups is 1. The Kier molecular flexibility index (Phi) is 4.72. The number of hydrogen-bond donors (Lipinski definition) is 1. The average molecular weight is 383 g/mol. The fraction of sp³-hybridized carbons (Fsp3) is 0.211. The Balaban J connectivity index is 1.46. The van der Waals surface area contributed by atoms with Crippen LogP contribution in [0.25, 0.3) is 11.1 Å². The van der Waals surface area contributed by atoms with Crippen molar-refractivity contribution in [3.8, 4) is 11.5 Å². The molecule has 1 atom stereocenters. The van der Waals surface area contributed by atoms with E-state index in [9.17, 15) is 4.79 Å². The lowest BCUT2D eigenvalue weighted by molar-refractivity contribution is 0.0966. The molecule has 1 N–H and O–H groups in total. The van der Waals surface area contributed by atoms with E-state index in [0.717, 1.165) is 17.0 Å². The summed E-state index contributed by atoms with van der Waals surface area (Å²) in [5.41, 5.74) is 1.88. The zero-order chi connectivity index (χ0) is 18.8. The van der Waals surface area contributed by atoms with E-state index in [1.165, 1.54) is 18.9 Å². The molecule has 3 aromatic rings. The first-order valence-corrected chi connectivity index (χ1v) is 9.16. The van der Waals surface area contributed by atoms with Gasteiger partial charge < -0.3 is 19.2 Å². The summed E-state index contributed by atoms with van der Waals surface area (Å²) in [5, 5.41) is 3.71. The van der Waals surface area contributed by atoms with Crippen molar-refractivity contribution in [1.29, 1.82) is 0 Å². The molecular weight excluding hydrogens is 366 g/mol. The van der Waals surface area contributed by atoms with Gasteiger partial charge in [0.1, 0.15) is 17.0 Å². The first kappa shape index (κ1) is 17.4. The topological polar surface area (TPSA) is 86.5 Å². The summed E-state index contributed by atoms with van der Waals surface area (Å²) in [5.74, 6) is 1.48. The van der Waals surface area contributed by atoms with E-state index in [2.05, 4.69) is 15.3 Å². The highest BCUT2D eigenvalue weighted by Crippen LogP contribution is 2.43. The molecule has 138 valence electrons. The van der Waals surface area contributed by atoms with Crippen LogP contribution in [0.4, 0.5) is 0 Å². The quantitative estimate of drug-likeness (QED) is 0.719. The number of hydrogen-bond acceptors (Lipinski definition) is 7. The summed E-state index contributed by atoms with van der Waals surface area (Å²) in [7, 11) is 3.09. The lowest BCUT2D eigenvalue weighted by atomic mass is 10.2. The second kappa shape index (κ2) is 7.32. The molecule has 7 nitrogen and oxygen atoms in total. The van der Waals surface area contributed by atoms with Gasteiger partial charge in [0.05, 0.1) is 36.3 Å². The van der Waals surface area contributed by atoms with Crippen LogP contribution in [0.3, 0.4) is 0 Å². The maximum absolute atomic E-state index is 12.6. The molecule has 27 heavy (non-hydrogen) atoms. The summed E-state index contributed by atoms with van der Waals surface area (Å²) < 4.78 is 16.2. The third-order valence-corrected chi connectivity index (χ3v) is 5.36. The zero-order valence-electron chi connectivity index (χ0n) is 14.8. The first-order chi connectivity index (χ1) is 13.2. The summed E-state index contributed by atoms with van der Waals surface area (Å²) in [4.78, 5) is 21.2. The van der Waals surface area contributed by atoms with Gasteiger partial charge in [-0.2, -0.15) is 0 Å². The number of fused-ring (bicyclic) bond motifs is 1. The summed E-state index contributed by atoms with van der Waals surface area (Å²) >= 11 is 1.51. The van der Waals surface area contributed by atoms with E-state index in [0.29, 0.717) is 28.5 Å². The molecule has 0 aliphatic carbocycles. The van der Waals surface area contributed by atoms with Crippen LogP contribution in [0, 0.1) is 0 Å². The van der Waals surface area contributed by atoms with Crippen LogP contribution in [0.5, 0.6) is 11.5 Å². The maximum Gasteiger partial charge on any atom is 0.259 e. The number of oxazole rings is 1. The van der Waals surface area contributed by atoms with Crippen molar-refractivity contribution in [2.75, 3.05) is 14.2 Å². The number of carbonyl (C=O) groups excluding carboxylic acids is 1.